The Kier molecular flexibility index (Phi) is 5.60. The predicted octanol–water partition coefficient (Wildman–Crippen LogP) is 2.95. The van der Waals surface area contributed by atoms with Gasteiger partial charge < -0.3 is 10.6 Å². The minimum absolute atomic E-state index is 0.0909. The Bertz CT molecular complexity index is 438. The van der Waals surface area contributed by atoms with Crippen molar-refractivity contribution in [1.29, 1.82) is 0 Å². The van der Waals surface area contributed by atoms with E-state index in [0.29, 0.717) is 12.3 Å². The summed E-state index contributed by atoms with van der Waals surface area (Å²) in [5, 5.41) is 6.52. The summed E-state index contributed by atoms with van der Waals surface area (Å²) in [5.41, 5.74) is 2.44. The Morgan fingerprint density at radius 2 is 2.25 bits per heavy atom. The first kappa shape index (κ1) is 15.0. The van der Waals surface area contributed by atoms with Crippen LogP contribution in [0.5, 0.6) is 0 Å². The quantitative estimate of drug-likeness (QED) is 0.866. The summed E-state index contributed by atoms with van der Waals surface area (Å²) in [4.78, 5) is 12.0. The van der Waals surface area contributed by atoms with Crippen LogP contribution < -0.4 is 10.6 Å². The Morgan fingerprint density at radius 3 is 2.95 bits per heavy atom. The van der Waals surface area contributed by atoms with Crippen LogP contribution in [0.15, 0.2) is 24.3 Å². The lowest BCUT2D eigenvalue weighted by Crippen LogP contribution is -2.32. The average molecular weight is 274 g/mol. The highest BCUT2D eigenvalue weighted by molar-refractivity contribution is 5.76. The van der Waals surface area contributed by atoms with E-state index in [1.807, 2.05) is 12.1 Å². The zero-order valence-electron chi connectivity index (χ0n) is 12.6. The molecule has 3 nitrogen and oxygen atoms in total. The average Bonchev–Trinajstić information content (AvgIpc) is 2.46. The summed E-state index contributed by atoms with van der Waals surface area (Å²) in [6.07, 6.45) is 4.14. The van der Waals surface area contributed by atoms with Crippen molar-refractivity contribution in [2.75, 3.05) is 13.1 Å². The lowest BCUT2D eigenvalue weighted by atomic mass is 9.94. The molecule has 1 saturated heterocycles. The van der Waals surface area contributed by atoms with Gasteiger partial charge in [-0.2, -0.15) is 0 Å². The summed E-state index contributed by atoms with van der Waals surface area (Å²) in [6.45, 7) is 6.35. The number of rotatable bonds is 5. The highest BCUT2D eigenvalue weighted by Crippen LogP contribution is 2.18. The molecule has 0 aliphatic carbocycles. The van der Waals surface area contributed by atoms with Gasteiger partial charge in [-0.1, -0.05) is 24.3 Å². The van der Waals surface area contributed by atoms with Gasteiger partial charge in [-0.3, -0.25) is 4.79 Å². The zero-order chi connectivity index (χ0) is 14.4. The molecular formula is C17H26N2O. The lowest BCUT2D eigenvalue weighted by molar-refractivity contribution is -0.122. The predicted molar refractivity (Wildman–Crippen MR) is 82.6 cm³/mol. The molecule has 0 spiro atoms. The number of aryl methyl sites for hydroxylation is 1. The van der Waals surface area contributed by atoms with E-state index >= 15 is 0 Å². The first-order valence-electron chi connectivity index (χ1n) is 7.72. The van der Waals surface area contributed by atoms with Gasteiger partial charge in [-0.25, -0.2) is 0 Å². The molecule has 2 atom stereocenters. The molecule has 1 heterocycles. The first-order chi connectivity index (χ1) is 9.66. The molecule has 0 aromatic heterocycles. The second-order valence-electron chi connectivity index (χ2n) is 5.90. The molecule has 20 heavy (non-hydrogen) atoms. The van der Waals surface area contributed by atoms with Crippen LogP contribution in [0, 0.1) is 12.8 Å². The summed E-state index contributed by atoms with van der Waals surface area (Å²) >= 11 is 0. The van der Waals surface area contributed by atoms with Gasteiger partial charge in [0.25, 0.3) is 0 Å². The van der Waals surface area contributed by atoms with Crippen LogP contribution in [0.25, 0.3) is 0 Å². The van der Waals surface area contributed by atoms with Crippen molar-refractivity contribution in [2.45, 2.75) is 45.6 Å². The number of hydrogen-bond donors (Lipinski definition) is 2. The number of nitrogens with one attached hydrogen (secondary N) is 2. The van der Waals surface area contributed by atoms with E-state index in [1.54, 1.807) is 0 Å². The normalized spacial score (nSPS) is 20.4. The Labute approximate surface area is 122 Å². The molecule has 1 aliphatic heterocycles. The van der Waals surface area contributed by atoms with E-state index in [9.17, 15) is 4.79 Å². The molecule has 0 saturated carbocycles. The molecule has 0 bridgehead atoms. The van der Waals surface area contributed by atoms with Crippen LogP contribution in [0.2, 0.25) is 0 Å². The summed E-state index contributed by atoms with van der Waals surface area (Å²) in [7, 11) is 0. The van der Waals surface area contributed by atoms with Crippen molar-refractivity contribution in [3.63, 3.8) is 0 Å². The number of hydrogen-bond acceptors (Lipinski definition) is 2. The third-order valence-electron chi connectivity index (χ3n) is 4.21. The third kappa shape index (κ3) is 4.34. The SMILES string of the molecule is Cc1ccccc1[C@@H](C)NC(=O)CCC1CCCNC1. The van der Waals surface area contributed by atoms with Crippen LogP contribution in [-0.4, -0.2) is 19.0 Å². The zero-order valence-corrected chi connectivity index (χ0v) is 12.6. The van der Waals surface area contributed by atoms with Crippen molar-refractivity contribution >= 4 is 5.91 Å². The number of carbonyl (C=O) groups is 1. The molecule has 1 aromatic carbocycles. The monoisotopic (exact) mass is 274 g/mol. The third-order valence-corrected chi connectivity index (χ3v) is 4.21. The smallest absolute Gasteiger partial charge is 0.220 e. The maximum atomic E-state index is 12.0. The van der Waals surface area contributed by atoms with Gasteiger partial charge in [0.15, 0.2) is 0 Å². The topological polar surface area (TPSA) is 41.1 Å². The van der Waals surface area contributed by atoms with Crippen molar-refractivity contribution in [3.05, 3.63) is 35.4 Å². The van der Waals surface area contributed by atoms with Crippen LogP contribution in [-0.2, 0) is 4.79 Å². The van der Waals surface area contributed by atoms with Gasteiger partial charge in [-0.15, -0.1) is 0 Å². The Morgan fingerprint density at radius 1 is 1.45 bits per heavy atom. The number of amides is 1. The fourth-order valence-electron chi connectivity index (χ4n) is 2.97. The van der Waals surface area contributed by atoms with Crippen molar-refractivity contribution in [2.24, 2.45) is 5.92 Å². The van der Waals surface area contributed by atoms with E-state index < -0.39 is 0 Å². The van der Waals surface area contributed by atoms with Crippen molar-refractivity contribution in [3.8, 4) is 0 Å². The fraction of sp³-hybridized carbons (Fsp3) is 0.588. The number of carbonyl (C=O) groups excluding carboxylic acids is 1. The largest absolute Gasteiger partial charge is 0.350 e. The Balaban J connectivity index is 1.77. The molecule has 2 N–H and O–H groups in total. The van der Waals surface area contributed by atoms with Crippen LogP contribution in [0.4, 0.5) is 0 Å². The number of piperidine rings is 1. The van der Waals surface area contributed by atoms with E-state index in [0.717, 1.165) is 19.5 Å². The molecule has 110 valence electrons. The molecule has 1 aliphatic rings. The van der Waals surface area contributed by atoms with Crippen LogP contribution in [0.1, 0.15) is 49.8 Å². The van der Waals surface area contributed by atoms with Gasteiger partial charge in [0.2, 0.25) is 5.91 Å². The summed E-state index contributed by atoms with van der Waals surface area (Å²) < 4.78 is 0. The summed E-state index contributed by atoms with van der Waals surface area (Å²) in [6, 6.07) is 8.33. The molecule has 1 aromatic rings. The molecule has 0 radical (unpaired) electrons. The van der Waals surface area contributed by atoms with E-state index in [-0.39, 0.29) is 11.9 Å². The van der Waals surface area contributed by atoms with Gasteiger partial charge in [0.1, 0.15) is 0 Å². The number of benzene rings is 1. The maximum Gasteiger partial charge on any atom is 0.220 e. The molecule has 2 rings (SSSR count). The molecule has 1 unspecified atom stereocenters. The first-order valence-corrected chi connectivity index (χ1v) is 7.72. The van der Waals surface area contributed by atoms with E-state index in [2.05, 4.69) is 36.6 Å². The minimum atomic E-state index is 0.0909. The molecular weight excluding hydrogens is 248 g/mol. The van der Waals surface area contributed by atoms with Gasteiger partial charge in [0.05, 0.1) is 6.04 Å². The van der Waals surface area contributed by atoms with E-state index in [4.69, 9.17) is 0 Å². The van der Waals surface area contributed by atoms with Crippen molar-refractivity contribution < 1.29 is 4.79 Å². The summed E-state index contributed by atoms with van der Waals surface area (Å²) in [5.74, 6) is 0.842. The standard InChI is InChI=1S/C17H26N2O/c1-13-6-3-4-8-16(13)14(2)19-17(20)10-9-15-7-5-11-18-12-15/h3-4,6,8,14-15,18H,5,7,9-12H2,1-2H3,(H,19,20)/t14-,15?/m1/s1. The van der Waals surface area contributed by atoms with Crippen molar-refractivity contribution in [1.82, 2.24) is 10.6 Å². The van der Waals surface area contributed by atoms with Gasteiger partial charge in [-0.05, 0) is 63.2 Å². The highest BCUT2D eigenvalue weighted by atomic mass is 16.1. The molecule has 1 fully saturated rings. The minimum Gasteiger partial charge on any atom is -0.350 e. The lowest BCUT2D eigenvalue weighted by Gasteiger charge is -2.23. The maximum absolute atomic E-state index is 12.0. The molecule has 1 amide bonds. The van der Waals surface area contributed by atoms with Gasteiger partial charge in [0, 0.05) is 6.42 Å². The fourth-order valence-corrected chi connectivity index (χ4v) is 2.97. The molecule has 3 heteroatoms. The second-order valence-corrected chi connectivity index (χ2v) is 5.90. The van der Waals surface area contributed by atoms with Crippen LogP contribution in [0.3, 0.4) is 0 Å². The van der Waals surface area contributed by atoms with E-state index in [1.165, 1.54) is 24.0 Å². The van der Waals surface area contributed by atoms with Gasteiger partial charge >= 0.3 is 0 Å². The highest BCUT2D eigenvalue weighted by Gasteiger charge is 2.16. The Hall–Kier alpha value is -1.35. The second kappa shape index (κ2) is 7.44. The van der Waals surface area contributed by atoms with Crippen LogP contribution >= 0.6 is 0 Å².